The zero-order chi connectivity index (χ0) is 11.0. The summed E-state index contributed by atoms with van der Waals surface area (Å²) in [6.45, 7) is 6.32. The third-order valence-electron chi connectivity index (χ3n) is 2.35. The molecule has 15 heavy (non-hydrogen) atoms. The van der Waals surface area contributed by atoms with Crippen molar-refractivity contribution in [3.8, 4) is 10.6 Å². The minimum atomic E-state index is 0.961. The van der Waals surface area contributed by atoms with E-state index in [1.165, 1.54) is 21.6 Å². The third-order valence-corrected chi connectivity index (χ3v) is 4.39. The highest BCUT2D eigenvalue weighted by Crippen LogP contribution is 2.32. The second kappa shape index (κ2) is 4.06. The third kappa shape index (κ3) is 2.13. The quantitative estimate of drug-likeness (QED) is 0.750. The Hall–Kier alpha value is -0.670. The molecule has 0 fully saturated rings. The Bertz CT molecular complexity index is 483. The lowest BCUT2D eigenvalue weighted by molar-refractivity contribution is 1.30. The van der Waals surface area contributed by atoms with Crippen LogP contribution in [0.5, 0.6) is 0 Å². The molecule has 0 saturated carbocycles. The number of thiazole rings is 1. The van der Waals surface area contributed by atoms with Crippen molar-refractivity contribution in [2.24, 2.45) is 0 Å². The van der Waals surface area contributed by atoms with E-state index in [4.69, 9.17) is 0 Å². The summed E-state index contributed by atoms with van der Waals surface area (Å²) >= 11 is 5.18. The maximum Gasteiger partial charge on any atom is 0.125 e. The molecule has 0 unspecified atom stereocenters. The average molecular weight is 282 g/mol. The Morgan fingerprint density at radius 3 is 2.47 bits per heavy atom. The van der Waals surface area contributed by atoms with Crippen LogP contribution in [0.4, 0.5) is 0 Å². The number of nitrogens with zero attached hydrogens (tertiary/aromatic N) is 1. The molecule has 3 heteroatoms. The maximum absolute atomic E-state index is 4.51. The minimum Gasteiger partial charge on any atom is -0.229 e. The van der Waals surface area contributed by atoms with Gasteiger partial charge in [0.05, 0.1) is 0 Å². The van der Waals surface area contributed by atoms with E-state index in [2.05, 4.69) is 59.9 Å². The van der Waals surface area contributed by atoms with Crippen LogP contribution in [0.2, 0.25) is 0 Å². The van der Waals surface area contributed by atoms with Crippen LogP contribution in [-0.4, -0.2) is 4.98 Å². The number of halogens is 1. The zero-order valence-corrected chi connectivity index (χ0v) is 11.4. The van der Waals surface area contributed by atoms with Crippen LogP contribution in [0.15, 0.2) is 22.8 Å². The standard InChI is InChI=1S/C12H12BrNS/c1-7-4-5-10(8(2)6-7)12-14-11(13)9(3)15-12/h4-6H,1-3H3. The Kier molecular flexibility index (Phi) is 2.94. The number of rotatable bonds is 1. The molecule has 0 aliphatic rings. The summed E-state index contributed by atoms with van der Waals surface area (Å²) in [5, 5.41) is 1.09. The van der Waals surface area contributed by atoms with Gasteiger partial charge in [-0.25, -0.2) is 4.98 Å². The van der Waals surface area contributed by atoms with Gasteiger partial charge in [-0.2, -0.15) is 0 Å². The summed E-state index contributed by atoms with van der Waals surface area (Å²) in [7, 11) is 0. The first-order valence-electron chi connectivity index (χ1n) is 4.78. The fourth-order valence-corrected chi connectivity index (χ4v) is 2.98. The highest BCUT2D eigenvalue weighted by molar-refractivity contribution is 9.10. The SMILES string of the molecule is Cc1ccc(-c2nc(Br)c(C)s2)c(C)c1. The van der Waals surface area contributed by atoms with Gasteiger partial charge in [-0.05, 0) is 42.3 Å². The Morgan fingerprint density at radius 1 is 1.20 bits per heavy atom. The first kappa shape index (κ1) is 10.8. The molecular formula is C12H12BrNS. The van der Waals surface area contributed by atoms with E-state index in [1.807, 2.05) is 0 Å². The second-order valence-electron chi connectivity index (χ2n) is 3.68. The van der Waals surface area contributed by atoms with Crippen molar-refractivity contribution in [2.75, 3.05) is 0 Å². The number of benzene rings is 1. The molecule has 1 heterocycles. The van der Waals surface area contributed by atoms with Gasteiger partial charge >= 0.3 is 0 Å². The van der Waals surface area contributed by atoms with Crippen molar-refractivity contribution < 1.29 is 0 Å². The molecule has 0 aliphatic heterocycles. The van der Waals surface area contributed by atoms with Gasteiger partial charge < -0.3 is 0 Å². The van der Waals surface area contributed by atoms with Crippen molar-refractivity contribution in [1.29, 1.82) is 0 Å². The Morgan fingerprint density at radius 2 is 1.93 bits per heavy atom. The van der Waals surface area contributed by atoms with Gasteiger partial charge in [0.25, 0.3) is 0 Å². The first-order chi connectivity index (χ1) is 7.08. The molecule has 0 spiro atoms. The largest absolute Gasteiger partial charge is 0.229 e. The molecule has 0 atom stereocenters. The number of hydrogen-bond acceptors (Lipinski definition) is 2. The van der Waals surface area contributed by atoms with Crippen LogP contribution >= 0.6 is 27.3 Å². The Balaban J connectivity index is 2.54. The number of aromatic nitrogens is 1. The molecular weight excluding hydrogens is 270 g/mol. The summed E-state index contributed by atoms with van der Waals surface area (Å²) in [5.41, 5.74) is 3.82. The van der Waals surface area contributed by atoms with Crippen molar-refractivity contribution in [3.63, 3.8) is 0 Å². The van der Waals surface area contributed by atoms with E-state index >= 15 is 0 Å². The summed E-state index contributed by atoms with van der Waals surface area (Å²) in [6, 6.07) is 6.47. The van der Waals surface area contributed by atoms with Gasteiger partial charge in [-0.15, -0.1) is 11.3 Å². The molecule has 0 radical (unpaired) electrons. The molecule has 2 aromatic rings. The molecule has 0 amide bonds. The van der Waals surface area contributed by atoms with Gasteiger partial charge in [-0.3, -0.25) is 0 Å². The summed E-state index contributed by atoms with van der Waals surface area (Å²) < 4.78 is 0.961. The minimum absolute atomic E-state index is 0.961. The van der Waals surface area contributed by atoms with Gasteiger partial charge in [0, 0.05) is 10.4 Å². The van der Waals surface area contributed by atoms with Crippen molar-refractivity contribution in [3.05, 3.63) is 38.8 Å². The molecule has 0 N–H and O–H groups in total. The highest BCUT2D eigenvalue weighted by atomic mass is 79.9. The zero-order valence-electron chi connectivity index (χ0n) is 8.97. The monoisotopic (exact) mass is 281 g/mol. The van der Waals surface area contributed by atoms with Crippen LogP contribution in [0.1, 0.15) is 16.0 Å². The van der Waals surface area contributed by atoms with Crippen LogP contribution in [0.3, 0.4) is 0 Å². The van der Waals surface area contributed by atoms with Gasteiger partial charge in [0.15, 0.2) is 0 Å². The predicted octanol–water partition coefficient (Wildman–Crippen LogP) is 4.50. The van der Waals surface area contributed by atoms with Crippen LogP contribution in [0, 0.1) is 20.8 Å². The predicted molar refractivity (Wildman–Crippen MR) is 69.5 cm³/mol. The van der Waals surface area contributed by atoms with Gasteiger partial charge in [-0.1, -0.05) is 23.8 Å². The molecule has 0 bridgehead atoms. The summed E-state index contributed by atoms with van der Waals surface area (Å²) in [5.74, 6) is 0. The van der Waals surface area contributed by atoms with E-state index in [-0.39, 0.29) is 0 Å². The van der Waals surface area contributed by atoms with Gasteiger partial charge in [0.1, 0.15) is 9.61 Å². The summed E-state index contributed by atoms with van der Waals surface area (Å²) in [6.07, 6.45) is 0. The van der Waals surface area contributed by atoms with Gasteiger partial charge in [0.2, 0.25) is 0 Å². The average Bonchev–Trinajstić information content (AvgIpc) is 2.46. The molecule has 1 aromatic carbocycles. The van der Waals surface area contributed by atoms with E-state index in [1.54, 1.807) is 11.3 Å². The highest BCUT2D eigenvalue weighted by Gasteiger charge is 2.09. The fraction of sp³-hybridized carbons (Fsp3) is 0.250. The first-order valence-corrected chi connectivity index (χ1v) is 6.39. The molecule has 0 aliphatic carbocycles. The fourth-order valence-electron chi connectivity index (χ4n) is 1.55. The molecule has 78 valence electrons. The molecule has 1 aromatic heterocycles. The van der Waals surface area contributed by atoms with E-state index < -0.39 is 0 Å². The topological polar surface area (TPSA) is 12.9 Å². The molecule has 1 nitrogen and oxygen atoms in total. The smallest absolute Gasteiger partial charge is 0.125 e. The second-order valence-corrected chi connectivity index (χ2v) is 5.64. The van der Waals surface area contributed by atoms with Crippen molar-refractivity contribution in [2.45, 2.75) is 20.8 Å². The molecule has 0 saturated heterocycles. The van der Waals surface area contributed by atoms with Crippen LogP contribution in [0.25, 0.3) is 10.6 Å². The van der Waals surface area contributed by atoms with E-state index in [9.17, 15) is 0 Å². The van der Waals surface area contributed by atoms with E-state index in [0.717, 1.165) is 9.61 Å². The lowest BCUT2D eigenvalue weighted by Crippen LogP contribution is -1.83. The number of hydrogen-bond donors (Lipinski definition) is 0. The lowest BCUT2D eigenvalue weighted by atomic mass is 10.1. The summed E-state index contributed by atoms with van der Waals surface area (Å²) in [4.78, 5) is 5.73. The van der Waals surface area contributed by atoms with Crippen molar-refractivity contribution in [1.82, 2.24) is 4.98 Å². The lowest BCUT2D eigenvalue weighted by Gasteiger charge is -2.02. The normalized spacial score (nSPS) is 10.7. The number of aryl methyl sites for hydroxylation is 3. The Labute approximate surface area is 102 Å². The van der Waals surface area contributed by atoms with Crippen molar-refractivity contribution >= 4 is 27.3 Å². The maximum atomic E-state index is 4.51. The molecule has 2 rings (SSSR count). The van der Waals surface area contributed by atoms with Crippen LogP contribution in [-0.2, 0) is 0 Å². The van der Waals surface area contributed by atoms with Crippen LogP contribution < -0.4 is 0 Å². The van der Waals surface area contributed by atoms with E-state index in [0.29, 0.717) is 0 Å².